The first-order valence-corrected chi connectivity index (χ1v) is 11.5. The molecule has 2 atom stereocenters. The van der Waals surface area contributed by atoms with E-state index in [0.29, 0.717) is 12.3 Å². The van der Waals surface area contributed by atoms with E-state index in [0.717, 1.165) is 6.26 Å². The van der Waals surface area contributed by atoms with E-state index < -0.39 is 45.6 Å². The molecule has 0 aliphatic carbocycles. The number of alkyl halides is 3. The number of carbonyl (C=O) groups is 2. The number of sulfone groups is 1. The number of ether oxygens (including phenoxy) is 2. The van der Waals surface area contributed by atoms with Gasteiger partial charge in [-0.2, -0.15) is 0 Å². The van der Waals surface area contributed by atoms with Crippen LogP contribution >= 0.6 is 23.2 Å². The number of hydrogen-bond acceptors (Lipinski definition) is 6. The molecule has 0 aromatic heterocycles. The maximum atomic E-state index is 13.7. The summed E-state index contributed by atoms with van der Waals surface area (Å²) in [5.74, 6) is -0.574. The van der Waals surface area contributed by atoms with Crippen LogP contribution in [0.2, 0.25) is 0 Å². The highest BCUT2D eigenvalue weighted by atomic mass is 35.5. The van der Waals surface area contributed by atoms with Gasteiger partial charge in [-0.05, 0) is 30.0 Å². The second-order valence-electron chi connectivity index (χ2n) is 6.73. The number of hydrogen-bond donors (Lipinski definition) is 1. The molecule has 0 radical (unpaired) electrons. The minimum absolute atomic E-state index is 0.0296. The van der Waals surface area contributed by atoms with E-state index >= 15 is 0 Å². The average molecular weight is 472 g/mol. The third-order valence-corrected chi connectivity index (χ3v) is 5.36. The SMILES string of the molecule is CC(C)CCOC(=O)O[C@H](c1ccc(S(C)(=O)=O)cc1)[C@@H](CF)NC(=O)C(Cl)Cl. The summed E-state index contributed by atoms with van der Waals surface area (Å²) in [6, 6.07) is 3.97. The Morgan fingerprint density at radius 1 is 1.17 bits per heavy atom. The molecule has 11 heteroatoms. The second-order valence-corrected chi connectivity index (χ2v) is 9.84. The van der Waals surface area contributed by atoms with Crippen molar-refractivity contribution in [2.75, 3.05) is 19.5 Å². The summed E-state index contributed by atoms with van der Waals surface area (Å²) in [4.78, 5) is 22.4. The van der Waals surface area contributed by atoms with Gasteiger partial charge in [0.2, 0.25) is 0 Å². The molecule has 0 saturated carbocycles. The van der Waals surface area contributed by atoms with Gasteiger partial charge in [-0.15, -0.1) is 0 Å². The lowest BCUT2D eigenvalue weighted by atomic mass is 10.0. The zero-order valence-corrected chi connectivity index (χ0v) is 18.6. The van der Waals surface area contributed by atoms with Crippen molar-refractivity contribution in [3.05, 3.63) is 29.8 Å². The second kappa shape index (κ2) is 11.6. The third kappa shape index (κ3) is 8.76. The van der Waals surface area contributed by atoms with Crippen LogP contribution in [-0.4, -0.2) is 50.9 Å². The summed E-state index contributed by atoms with van der Waals surface area (Å²) in [5, 5.41) is 2.26. The van der Waals surface area contributed by atoms with E-state index in [1.807, 2.05) is 13.8 Å². The van der Waals surface area contributed by atoms with E-state index in [-0.39, 0.29) is 17.1 Å². The summed E-state index contributed by atoms with van der Waals surface area (Å²) in [6.45, 7) is 2.90. The van der Waals surface area contributed by atoms with Crippen molar-refractivity contribution in [2.24, 2.45) is 5.92 Å². The Hall–Kier alpha value is -1.58. The molecule has 1 amide bonds. The van der Waals surface area contributed by atoms with E-state index in [1.54, 1.807) is 0 Å². The number of carbonyl (C=O) groups excluding carboxylic acids is 2. The Kier molecular flexibility index (Phi) is 10.2. The van der Waals surface area contributed by atoms with Crippen LogP contribution < -0.4 is 5.32 Å². The first-order chi connectivity index (χ1) is 13.5. The summed E-state index contributed by atoms with van der Waals surface area (Å²) in [5.41, 5.74) is 0.252. The first kappa shape index (κ1) is 25.5. The van der Waals surface area contributed by atoms with Crippen molar-refractivity contribution in [3.8, 4) is 0 Å². The Labute approximate surface area is 179 Å². The molecule has 1 aromatic rings. The molecule has 1 N–H and O–H groups in total. The molecule has 7 nitrogen and oxygen atoms in total. The molecule has 29 heavy (non-hydrogen) atoms. The Morgan fingerprint density at radius 3 is 2.21 bits per heavy atom. The van der Waals surface area contributed by atoms with E-state index in [4.69, 9.17) is 32.7 Å². The molecule has 164 valence electrons. The Balaban J connectivity index is 3.09. The highest BCUT2D eigenvalue weighted by molar-refractivity contribution is 7.90. The van der Waals surface area contributed by atoms with Crippen molar-refractivity contribution in [1.29, 1.82) is 0 Å². The zero-order chi connectivity index (χ0) is 22.2. The fourth-order valence-corrected chi connectivity index (χ4v) is 3.00. The van der Waals surface area contributed by atoms with Crippen molar-refractivity contribution >= 4 is 45.1 Å². The molecule has 0 heterocycles. The summed E-state index contributed by atoms with van der Waals surface area (Å²) in [6.07, 6.45) is -0.708. The topological polar surface area (TPSA) is 98.8 Å². The van der Waals surface area contributed by atoms with Gasteiger partial charge in [-0.3, -0.25) is 4.79 Å². The number of amides is 1. The van der Waals surface area contributed by atoms with E-state index in [9.17, 15) is 22.4 Å². The summed E-state index contributed by atoms with van der Waals surface area (Å²) in [7, 11) is -3.46. The van der Waals surface area contributed by atoms with Crippen molar-refractivity contribution in [1.82, 2.24) is 5.32 Å². The maximum Gasteiger partial charge on any atom is 0.508 e. The van der Waals surface area contributed by atoms with Crippen molar-refractivity contribution < 1.29 is 31.9 Å². The number of rotatable bonds is 10. The van der Waals surface area contributed by atoms with E-state index in [1.165, 1.54) is 24.3 Å². The van der Waals surface area contributed by atoms with Crippen molar-refractivity contribution in [3.63, 3.8) is 0 Å². The van der Waals surface area contributed by atoms with Gasteiger partial charge >= 0.3 is 6.16 Å². The largest absolute Gasteiger partial charge is 0.508 e. The van der Waals surface area contributed by atoms with E-state index in [2.05, 4.69) is 5.32 Å². The summed E-state index contributed by atoms with van der Waals surface area (Å²) >= 11 is 11.0. The fraction of sp³-hybridized carbons (Fsp3) is 0.556. The predicted molar refractivity (Wildman–Crippen MR) is 108 cm³/mol. The molecule has 0 fully saturated rings. The lowest BCUT2D eigenvalue weighted by Crippen LogP contribution is -2.44. The Morgan fingerprint density at radius 2 is 1.76 bits per heavy atom. The van der Waals surface area contributed by atoms with Crippen LogP contribution in [0.25, 0.3) is 0 Å². The molecule has 0 saturated heterocycles. The Bertz CT molecular complexity index is 786. The molecule has 0 aliphatic rings. The van der Waals surface area contributed by atoms with Gasteiger partial charge in [0.25, 0.3) is 5.91 Å². The van der Waals surface area contributed by atoms with Crippen LogP contribution in [0.15, 0.2) is 29.2 Å². The standard InChI is InChI=1S/C18H24Cl2FNO6S/c1-11(2)8-9-27-18(24)28-15(14(10-21)22-17(23)16(19)20)12-4-6-13(7-5-12)29(3,25)26/h4-7,11,14-16H,8-10H2,1-3H3,(H,22,23)/t14-,15-/m1/s1. The molecule has 0 unspecified atom stereocenters. The highest BCUT2D eigenvalue weighted by Gasteiger charge is 2.31. The van der Waals surface area contributed by atoms with Gasteiger partial charge in [0.15, 0.2) is 20.8 Å². The maximum absolute atomic E-state index is 13.7. The quantitative estimate of drug-likeness (QED) is 0.413. The van der Waals surface area contributed by atoms with Gasteiger partial charge in [-0.25, -0.2) is 17.6 Å². The molecule has 1 aromatic carbocycles. The van der Waals surface area contributed by atoms with Crippen LogP contribution in [0.3, 0.4) is 0 Å². The number of benzene rings is 1. The molecule has 0 aliphatic heterocycles. The van der Waals surface area contributed by atoms with Crippen molar-refractivity contribution in [2.45, 2.75) is 42.1 Å². The molecular formula is C18H24Cl2FNO6S. The van der Waals surface area contributed by atoms with Gasteiger partial charge in [-0.1, -0.05) is 49.2 Å². The van der Waals surface area contributed by atoms with Gasteiger partial charge in [0.05, 0.1) is 17.5 Å². The minimum atomic E-state index is -3.46. The van der Waals surface area contributed by atoms with Crippen LogP contribution in [0, 0.1) is 5.92 Å². The average Bonchev–Trinajstić information content (AvgIpc) is 2.63. The molecule has 0 spiro atoms. The lowest BCUT2D eigenvalue weighted by molar-refractivity contribution is -0.121. The fourth-order valence-electron chi connectivity index (χ4n) is 2.24. The normalized spacial score (nSPS) is 13.8. The van der Waals surface area contributed by atoms with Crippen LogP contribution in [0.4, 0.5) is 9.18 Å². The zero-order valence-electron chi connectivity index (χ0n) is 16.2. The highest BCUT2D eigenvalue weighted by Crippen LogP contribution is 2.25. The number of halogens is 3. The van der Waals surface area contributed by atoms with Gasteiger partial charge in [0, 0.05) is 6.26 Å². The smallest absolute Gasteiger partial charge is 0.434 e. The third-order valence-electron chi connectivity index (χ3n) is 3.83. The summed E-state index contributed by atoms with van der Waals surface area (Å²) < 4.78 is 47.1. The monoisotopic (exact) mass is 471 g/mol. The number of nitrogens with one attached hydrogen (secondary N) is 1. The molecule has 0 bridgehead atoms. The van der Waals surface area contributed by atoms with Crippen LogP contribution in [0.5, 0.6) is 0 Å². The minimum Gasteiger partial charge on any atom is -0.434 e. The first-order valence-electron chi connectivity index (χ1n) is 8.73. The molecular weight excluding hydrogens is 448 g/mol. The van der Waals surface area contributed by atoms with Gasteiger partial charge in [0.1, 0.15) is 6.67 Å². The molecule has 1 rings (SSSR count). The lowest BCUT2D eigenvalue weighted by Gasteiger charge is -2.26. The van der Waals surface area contributed by atoms with Crippen LogP contribution in [-0.2, 0) is 24.1 Å². The van der Waals surface area contributed by atoms with Gasteiger partial charge < -0.3 is 14.8 Å². The predicted octanol–water partition coefficient (Wildman–Crippen LogP) is 3.59. The van der Waals surface area contributed by atoms with Crippen LogP contribution in [0.1, 0.15) is 31.9 Å².